The first-order valence-corrected chi connectivity index (χ1v) is 8.54. The van der Waals surface area contributed by atoms with Crippen LogP contribution in [0.2, 0.25) is 5.02 Å². The molecule has 2 aromatic rings. The van der Waals surface area contributed by atoms with E-state index in [1.54, 1.807) is 12.1 Å². The molecule has 0 unspecified atom stereocenters. The third-order valence-corrected chi connectivity index (χ3v) is 3.76. The molecule has 0 fully saturated rings. The van der Waals surface area contributed by atoms with E-state index in [4.69, 9.17) is 21.1 Å². The molecule has 0 saturated heterocycles. The fraction of sp³-hybridized carbons (Fsp3) is 0.316. The smallest absolute Gasteiger partial charge is 0.274 e. The number of nitrogens with one attached hydrogen (secondary N) is 2. The first-order valence-electron chi connectivity index (χ1n) is 8.16. The van der Waals surface area contributed by atoms with Crippen molar-refractivity contribution in [3.05, 3.63) is 46.7 Å². The molecule has 0 aliphatic heterocycles. The van der Waals surface area contributed by atoms with E-state index in [1.807, 2.05) is 20.8 Å². The summed E-state index contributed by atoms with van der Waals surface area (Å²) in [5, 5.41) is 5.89. The molecular weight excluding hydrogens is 370 g/mol. The minimum atomic E-state index is -0.497. The zero-order valence-corrected chi connectivity index (χ0v) is 16.6. The van der Waals surface area contributed by atoms with E-state index in [2.05, 4.69) is 15.6 Å². The standard InChI is InChI=1S/C19H22ClN3O4/c1-19(2,3)23-17(24)11-6-7-21-14(8-11)18(25)22-13-10-15(26-4)12(20)9-16(13)27-5/h6-10H,1-5H3,(H,22,25)(H,23,24). The minimum absolute atomic E-state index is 0.0903. The Hall–Kier alpha value is -2.80. The molecule has 0 saturated carbocycles. The van der Waals surface area contributed by atoms with Gasteiger partial charge in [0.05, 0.1) is 24.9 Å². The SMILES string of the molecule is COc1cc(NC(=O)c2cc(C(=O)NC(C)(C)C)ccn2)c(OC)cc1Cl. The van der Waals surface area contributed by atoms with Crippen molar-refractivity contribution in [2.24, 2.45) is 0 Å². The number of aromatic nitrogens is 1. The molecule has 8 heteroatoms. The van der Waals surface area contributed by atoms with E-state index in [9.17, 15) is 9.59 Å². The van der Waals surface area contributed by atoms with Crippen LogP contribution in [0.5, 0.6) is 11.5 Å². The van der Waals surface area contributed by atoms with Crippen molar-refractivity contribution in [2.45, 2.75) is 26.3 Å². The van der Waals surface area contributed by atoms with Gasteiger partial charge in [-0.15, -0.1) is 0 Å². The number of methoxy groups -OCH3 is 2. The van der Waals surface area contributed by atoms with Crippen LogP contribution in [0.3, 0.4) is 0 Å². The number of benzene rings is 1. The van der Waals surface area contributed by atoms with Gasteiger partial charge in [-0.3, -0.25) is 14.6 Å². The molecule has 0 atom stereocenters. The van der Waals surface area contributed by atoms with E-state index >= 15 is 0 Å². The molecule has 1 aromatic heterocycles. The Morgan fingerprint density at radius 2 is 1.70 bits per heavy atom. The van der Waals surface area contributed by atoms with Crippen LogP contribution >= 0.6 is 11.6 Å². The Morgan fingerprint density at radius 1 is 1.04 bits per heavy atom. The molecule has 1 heterocycles. The van der Waals surface area contributed by atoms with Gasteiger partial charge in [0.15, 0.2) is 0 Å². The van der Waals surface area contributed by atoms with Gasteiger partial charge in [-0.1, -0.05) is 11.6 Å². The zero-order valence-electron chi connectivity index (χ0n) is 15.8. The number of rotatable bonds is 5. The average Bonchev–Trinajstić information content (AvgIpc) is 2.61. The zero-order chi connectivity index (χ0) is 20.2. The number of hydrogen-bond acceptors (Lipinski definition) is 5. The number of anilines is 1. The molecule has 0 aliphatic rings. The fourth-order valence-electron chi connectivity index (χ4n) is 2.25. The van der Waals surface area contributed by atoms with Gasteiger partial charge >= 0.3 is 0 Å². The number of carbonyl (C=O) groups is 2. The lowest BCUT2D eigenvalue weighted by Crippen LogP contribution is -2.40. The lowest BCUT2D eigenvalue weighted by molar-refractivity contribution is 0.0919. The number of hydrogen-bond donors (Lipinski definition) is 2. The van der Waals surface area contributed by atoms with Crippen LogP contribution < -0.4 is 20.1 Å². The van der Waals surface area contributed by atoms with E-state index in [0.717, 1.165) is 0 Å². The number of carbonyl (C=O) groups excluding carboxylic acids is 2. The summed E-state index contributed by atoms with van der Waals surface area (Å²) in [7, 11) is 2.93. The van der Waals surface area contributed by atoms with Gasteiger partial charge in [-0.2, -0.15) is 0 Å². The van der Waals surface area contributed by atoms with Gasteiger partial charge in [0.25, 0.3) is 11.8 Å². The summed E-state index contributed by atoms with van der Waals surface area (Å²) in [6.07, 6.45) is 1.41. The summed E-state index contributed by atoms with van der Waals surface area (Å²) in [6, 6.07) is 6.06. The van der Waals surface area contributed by atoms with Crippen molar-refractivity contribution in [3.63, 3.8) is 0 Å². The molecule has 2 amide bonds. The van der Waals surface area contributed by atoms with Crippen LogP contribution in [0.4, 0.5) is 5.69 Å². The van der Waals surface area contributed by atoms with E-state index < -0.39 is 11.4 Å². The van der Waals surface area contributed by atoms with E-state index in [-0.39, 0.29) is 11.6 Å². The number of pyridine rings is 1. The highest BCUT2D eigenvalue weighted by Crippen LogP contribution is 2.36. The van der Waals surface area contributed by atoms with Gasteiger partial charge in [0.2, 0.25) is 0 Å². The third-order valence-electron chi connectivity index (χ3n) is 3.47. The molecule has 2 rings (SSSR count). The predicted octanol–water partition coefficient (Wildman–Crippen LogP) is 3.53. The number of ether oxygens (including phenoxy) is 2. The molecule has 27 heavy (non-hydrogen) atoms. The molecule has 0 aliphatic carbocycles. The molecule has 0 spiro atoms. The van der Waals surface area contributed by atoms with E-state index in [0.29, 0.717) is 27.8 Å². The Balaban J connectivity index is 2.27. The second kappa shape index (κ2) is 8.26. The van der Waals surface area contributed by atoms with Crippen molar-refractivity contribution >= 4 is 29.1 Å². The van der Waals surface area contributed by atoms with Gasteiger partial charge in [-0.05, 0) is 32.9 Å². The molecular formula is C19H22ClN3O4. The fourth-order valence-corrected chi connectivity index (χ4v) is 2.48. The van der Waals surface area contributed by atoms with Gasteiger partial charge in [-0.25, -0.2) is 0 Å². The number of amides is 2. The van der Waals surface area contributed by atoms with Crippen molar-refractivity contribution in [1.82, 2.24) is 10.3 Å². The van der Waals surface area contributed by atoms with Gasteiger partial charge < -0.3 is 20.1 Å². The molecule has 0 bridgehead atoms. The van der Waals surface area contributed by atoms with Crippen molar-refractivity contribution < 1.29 is 19.1 Å². The van der Waals surface area contributed by atoms with Crippen LogP contribution in [0.15, 0.2) is 30.5 Å². The van der Waals surface area contributed by atoms with Crippen LogP contribution in [-0.2, 0) is 0 Å². The maximum atomic E-state index is 12.6. The van der Waals surface area contributed by atoms with Crippen molar-refractivity contribution in [1.29, 1.82) is 0 Å². The van der Waals surface area contributed by atoms with Crippen molar-refractivity contribution in [2.75, 3.05) is 19.5 Å². The highest BCUT2D eigenvalue weighted by Gasteiger charge is 2.18. The Bertz CT molecular complexity index is 863. The predicted molar refractivity (Wildman–Crippen MR) is 104 cm³/mol. The summed E-state index contributed by atoms with van der Waals surface area (Å²) < 4.78 is 10.4. The highest BCUT2D eigenvalue weighted by molar-refractivity contribution is 6.32. The van der Waals surface area contributed by atoms with Crippen LogP contribution in [0, 0.1) is 0 Å². The Morgan fingerprint density at radius 3 is 2.30 bits per heavy atom. The molecule has 144 valence electrons. The molecule has 0 radical (unpaired) electrons. The molecule has 1 aromatic carbocycles. The van der Waals surface area contributed by atoms with Crippen molar-refractivity contribution in [3.8, 4) is 11.5 Å². The quantitative estimate of drug-likeness (QED) is 0.813. The minimum Gasteiger partial charge on any atom is -0.495 e. The maximum absolute atomic E-state index is 12.6. The maximum Gasteiger partial charge on any atom is 0.274 e. The summed E-state index contributed by atoms with van der Waals surface area (Å²) in [4.78, 5) is 28.9. The third kappa shape index (κ3) is 5.34. The largest absolute Gasteiger partial charge is 0.495 e. The lowest BCUT2D eigenvalue weighted by atomic mass is 10.1. The van der Waals surface area contributed by atoms with E-state index in [1.165, 1.54) is 32.5 Å². The summed E-state index contributed by atoms with van der Waals surface area (Å²) in [5.41, 5.74) is 0.407. The summed E-state index contributed by atoms with van der Waals surface area (Å²) in [5.74, 6) is -0.0254. The monoisotopic (exact) mass is 391 g/mol. The average molecular weight is 392 g/mol. The second-order valence-corrected chi connectivity index (χ2v) is 7.18. The first kappa shape index (κ1) is 20.5. The number of nitrogens with zero attached hydrogens (tertiary/aromatic N) is 1. The highest BCUT2D eigenvalue weighted by atomic mass is 35.5. The normalized spacial score (nSPS) is 10.9. The Labute approximate surface area is 163 Å². The summed E-state index contributed by atoms with van der Waals surface area (Å²) in [6.45, 7) is 5.62. The first-order chi connectivity index (χ1) is 12.6. The van der Waals surface area contributed by atoms with Gasteiger partial charge in [0, 0.05) is 29.4 Å². The Kier molecular flexibility index (Phi) is 6.28. The summed E-state index contributed by atoms with van der Waals surface area (Å²) >= 11 is 6.07. The lowest BCUT2D eigenvalue weighted by Gasteiger charge is -2.20. The van der Waals surface area contributed by atoms with Gasteiger partial charge in [0.1, 0.15) is 17.2 Å². The molecule has 2 N–H and O–H groups in total. The van der Waals surface area contributed by atoms with Crippen LogP contribution in [0.25, 0.3) is 0 Å². The molecule has 7 nitrogen and oxygen atoms in total. The van der Waals surface area contributed by atoms with Crippen LogP contribution in [0.1, 0.15) is 41.6 Å². The topological polar surface area (TPSA) is 89.5 Å². The second-order valence-electron chi connectivity index (χ2n) is 6.78. The van der Waals surface area contributed by atoms with Crippen LogP contribution in [-0.4, -0.2) is 36.6 Å². The number of halogens is 1.